The predicted molar refractivity (Wildman–Crippen MR) is 122 cm³/mol. The van der Waals surface area contributed by atoms with Gasteiger partial charge in [-0.1, -0.05) is 42.5 Å². The summed E-state index contributed by atoms with van der Waals surface area (Å²) in [7, 11) is 0. The molecule has 0 unspecified atom stereocenters. The molecule has 0 saturated carbocycles. The van der Waals surface area contributed by atoms with E-state index in [1.165, 1.54) is 18.3 Å². The second-order valence-electron chi connectivity index (χ2n) is 7.50. The maximum absolute atomic E-state index is 13.3. The summed E-state index contributed by atoms with van der Waals surface area (Å²) in [5.74, 6) is 0.292. The molecule has 2 aromatic heterocycles. The Labute approximate surface area is 192 Å². The number of hydrogen-bond acceptors (Lipinski definition) is 5. The molecule has 4 aromatic rings. The molecule has 0 saturated heterocycles. The van der Waals surface area contributed by atoms with E-state index >= 15 is 0 Å². The molecule has 0 amide bonds. The Kier molecular flexibility index (Phi) is 6.15. The van der Waals surface area contributed by atoms with E-state index in [1.807, 2.05) is 36.4 Å². The van der Waals surface area contributed by atoms with E-state index in [1.54, 1.807) is 13.0 Å². The molecule has 0 fully saturated rings. The van der Waals surface area contributed by atoms with Crippen LogP contribution in [0.25, 0.3) is 22.5 Å². The first-order chi connectivity index (χ1) is 16.3. The highest BCUT2D eigenvalue weighted by Crippen LogP contribution is 2.36. The minimum Gasteiger partial charge on any atom is -0.350 e. The summed E-state index contributed by atoms with van der Waals surface area (Å²) in [6.45, 7) is 2.03. The van der Waals surface area contributed by atoms with Crippen molar-refractivity contribution in [3.05, 3.63) is 99.5 Å². The van der Waals surface area contributed by atoms with Crippen LogP contribution < -0.4 is 10.9 Å². The van der Waals surface area contributed by atoms with Crippen LogP contribution in [0.4, 0.5) is 19.1 Å². The number of nitrogens with one attached hydrogen (secondary N) is 2. The third-order valence-corrected chi connectivity index (χ3v) is 5.26. The van der Waals surface area contributed by atoms with E-state index in [9.17, 15) is 23.2 Å². The number of aromatic amines is 1. The van der Waals surface area contributed by atoms with Gasteiger partial charge < -0.3 is 10.3 Å². The Morgan fingerprint density at radius 2 is 1.85 bits per heavy atom. The maximum Gasteiger partial charge on any atom is 0.416 e. The van der Waals surface area contributed by atoms with Crippen LogP contribution in [0, 0.1) is 18.3 Å². The fourth-order valence-corrected chi connectivity index (χ4v) is 3.60. The normalized spacial score (nSPS) is 11.1. The molecular formula is C25H18F3N5O. The van der Waals surface area contributed by atoms with E-state index in [-0.39, 0.29) is 16.8 Å². The molecule has 0 radical (unpaired) electrons. The van der Waals surface area contributed by atoms with Gasteiger partial charge in [-0.2, -0.15) is 18.4 Å². The molecule has 0 aliphatic carbocycles. The van der Waals surface area contributed by atoms with E-state index < -0.39 is 17.3 Å². The summed E-state index contributed by atoms with van der Waals surface area (Å²) in [6.07, 6.45) is -3.05. The Morgan fingerprint density at radius 3 is 2.56 bits per heavy atom. The zero-order valence-electron chi connectivity index (χ0n) is 17.9. The molecule has 0 aliphatic heterocycles. The van der Waals surface area contributed by atoms with Crippen molar-refractivity contribution in [3.63, 3.8) is 0 Å². The first-order valence-electron chi connectivity index (χ1n) is 10.2. The lowest BCUT2D eigenvalue weighted by Gasteiger charge is -2.15. The zero-order valence-corrected chi connectivity index (χ0v) is 17.9. The van der Waals surface area contributed by atoms with Gasteiger partial charge in [0.15, 0.2) is 0 Å². The number of aromatic nitrogens is 3. The van der Waals surface area contributed by atoms with Crippen molar-refractivity contribution in [2.45, 2.75) is 19.6 Å². The quantitative estimate of drug-likeness (QED) is 0.420. The summed E-state index contributed by atoms with van der Waals surface area (Å²) >= 11 is 0. The van der Waals surface area contributed by atoms with Gasteiger partial charge in [0.1, 0.15) is 11.6 Å². The van der Waals surface area contributed by atoms with Gasteiger partial charge in [-0.3, -0.25) is 4.79 Å². The van der Waals surface area contributed by atoms with Crippen LogP contribution in [-0.4, -0.2) is 15.0 Å². The smallest absolute Gasteiger partial charge is 0.350 e. The minimum absolute atomic E-state index is 0.136. The molecule has 2 aromatic carbocycles. The number of pyridine rings is 1. The Hall–Kier alpha value is -4.45. The maximum atomic E-state index is 13.3. The van der Waals surface area contributed by atoms with Crippen LogP contribution in [-0.2, 0) is 12.7 Å². The minimum atomic E-state index is -4.55. The van der Waals surface area contributed by atoms with Crippen molar-refractivity contribution >= 4 is 5.95 Å². The molecule has 0 bridgehead atoms. The SMILES string of the molecule is Cc1c(-c2ccnc(NCc3ccccc3)n2)c(-c2cccc(C(F)(F)F)c2)[nH]c(=O)c1C#N. The van der Waals surface area contributed by atoms with Gasteiger partial charge in [0, 0.05) is 18.3 Å². The van der Waals surface area contributed by atoms with Gasteiger partial charge >= 0.3 is 6.18 Å². The average Bonchev–Trinajstić information content (AvgIpc) is 2.83. The number of benzene rings is 2. The highest BCUT2D eigenvalue weighted by atomic mass is 19.4. The lowest BCUT2D eigenvalue weighted by atomic mass is 9.95. The topological polar surface area (TPSA) is 94.5 Å². The number of anilines is 1. The summed E-state index contributed by atoms with van der Waals surface area (Å²) in [4.78, 5) is 23.8. The van der Waals surface area contributed by atoms with Gasteiger partial charge in [0.05, 0.1) is 17.0 Å². The molecular weight excluding hydrogens is 443 g/mol. The first kappa shape index (κ1) is 22.7. The highest BCUT2D eigenvalue weighted by molar-refractivity contribution is 5.83. The lowest BCUT2D eigenvalue weighted by molar-refractivity contribution is -0.137. The molecule has 0 aliphatic rings. The van der Waals surface area contributed by atoms with Crippen LogP contribution in [0.15, 0.2) is 71.7 Å². The Bertz CT molecular complexity index is 1440. The second-order valence-corrected chi connectivity index (χ2v) is 7.50. The van der Waals surface area contributed by atoms with Crippen LogP contribution in [0.1, 0.15) is 22.3 Å². The number of halogens is 3. The zero-order chi connectivity index (χ0) is 24.3. The number of nitriles is 1. The number of nitrogens with zero attached hydrogens (tertiary/aromatic N) is 3. The van der Waals surface area contributed by atoms with Crippen LogP contribution >= 0.6 is 0 Å². The van der Waals surface area contributed by atoms with Gasteiger partial charge in [-0.25, -0.2) is 9.97 Å². The van der Waals surface area contributed by atoms with Crippen molar-refractivity contribution in [1.82, 2.24) is 15.0 Å². The summed E-state index contributed by atoms with van der Waals surface area (Å²) < 4.78 is 40.0. The van der Waals surface area contributed by atoms with Crippen molar-refractivity contribution in [2.75, 3.05) is 5.32 Å². The van der Waals surface area contributed by atoms with Crippen molar-refractivity contribution in [2.24, 2.45) is 0 Å². The number of H-pyrrole nitrogens is 1. The van der Waals surface area contributed by atoms with Gasteiger partial charge in [-0.05, 0) is 41.8 Å². The van der Waals surface area contributed by atoms with Crippen molar-refractivity contribution < 1.29 is 13.2 Å². The fraction of sp³-hybridized carbons (Fsp3) is 0.120. The van der Waals surface area contributed by atoms with Crippen LogP contribution in [0.5, 0.6) is 0 Å². The molecule has 4 rings (SSSR count). The van der Waals surface area contributed by atoms with Gasteiger partial charge in [-0.15, -0.1) is 0 Å². The highest BCUT2D eigenvalue weighted by Gasteiger charge is 2.31. The van der Waals surface area contributed by atoms with E-state index in [0.29, 0.717) is 29.3 Å². The van der Waals surface area contributed by atoms with Gasteiger partial charge in [0.2, 0.25) is 5.95 Å². The number of rotatable bonds is 5. The molecule has 0 spiro atoms. The first-order valence-corrected chi connectivity index (χ1v) is 10.2. The monoisotopic (exact) mass is 461 g/mol. The van der Waals surface area contributed by atoms with Crippen molar-refractivity contribution in [1.29, 1.82) is 5.26 Å². The molecule has 6 nitrogen and oxygen atoms in total. The Balaban J connectivity index is 1.84. The van der Waals surface area contributed by atoms with E-state index in [0.717, 1.165) is 17.7 Å². The lowest BCUT2D eigenvalue weighted by Crippen LogP contribution is -2.15. The second kappa shape index (κ2) is 9.19. The molecule has 9 heteroatoms. The molecule has 0 atom stereocenters. The summed E-state index contributed by atoms with van der Waals surface area (Å²) in [6, 6.07) is 17.7. The van der Waals surface area contributed by atoms with Crippen LogP contribution in [0.2, 0.25) is 0 Å². The molecule has 34 heavy (non-hydrogen) atoms. The third-order valence-electron chi connectivity index (χ3n) is 5.26. The molecule has 170 valence electrons. The number of hydrogen-bond donors (Lipinski definition) is 2. The van der Waals surface area contributed by atoms with Crippen LogP contribution in [0.3, 0.4) is 0 Å². The molecule has 2 heterocycles. The van der Waals surface area contributed by atoms with Gasteiger partial charge in [0.25, 0.3) is 5.56 Å². The third kappa shape index (κ3) is 4.66. The standard InChI is InChI=1S/C25H18F3N5O/c1-15-19(13-29)23(34)33-22(17-8-5-9-18(12-17)25(26,27)28)21(15)20-10-11-30-24(32-20)31-14-16-6-3-2-4-7-16/h2-12H,14H2,1H3,(H,33,34)(H,30,31,32). The Morgan fingerprint density at radius 1 is 1.09 bits per heavy atom. The summed E-state index contributed by atoms with van der Waals surface area (Å²) in [5.41, 5.74) is 0.623. The average molecular weight is 461 g/mol. The molecule has 2 N–H and O–H groups in total. The van der Waals surface area contributed by atoms with E-state index in [2.05, 4.69) is 20.3 Å². The van der Waals surface area contributed by atoms with Crippen molar-refractivity contribution in [3.8, 4) is 28.6 Å². The number of alkyl halides is 3. The summed E-state index contributed by atoms with van der Waals surface area (Å²) in [5, 5.41) is 12.6. The van der Waals surface area contributed by atoms with E-state index in [4.69, 9.17) is 0 Å². The fourth-order valence-electron chi connectivity index (χ4n) is 3.60. The largest absolute Gasteiger partial charge is 0.416 e. The predicted octanol–water partition coefficient (Wildman–Crippen LogP) is 5.31.